The third kappa shape index (κ3) is 1.91. The van der Waals surface area contributed by atoms with E-state index in [0.717, 1.165) is 12.2 Å². The van der Waals surface area contributed by atoms with E-state index in [1.54, 1.807) is 0 Å². The lowest BCUT2D eigenvalue weighted by atomic mass is 10.2. The van der Waals surface area contributed by atoms with E-state index in [9.17, 15) is 0 Å². The molecule has 1 aromatic rings. The smallest absolute Gasteiger partial charge is 0.0578 e. The molecule has 0 aliphatic carbocycles. The summed E-state index contributed by atoms with van der Waals surface area (Å²) in [5.41, 5.74) is 3.62. The molecule has 0 aliphatic rings. The number of aryl methyl sites for hydroxylation is 1. The van der Waals surface area contributed by atoms with E-state index in [2.05, 4.69) is 42.7 Å². The normalized spacial score (nSPS) is 9.58. The average Bonchev–Trinajstić information content (AvgIpc) is 2.05. The van der Waals surface area contributed by atoms with Gasteiger partial charge in [0.05, 0.1) is 11.4 Å². The molecule has 0 spiro atoms. The summed E-state index contributed by atoms with van der Waals surface area (Å²) in [5, 5.41) is 6.45. The zero-order valence-corrected chi connectivity index (χ0v) is 7.94. The fourth-order valence-electron chi connectivity index (χ4n) is 1.21. The van der Waals surface area contributed by atoms with Gasteiger partial charge in [-0.3, -0.25) is 0 Å². The molecule has 12 heavy (non-hydrogen) atoms. The number of hydrogen-bond donors (Lipinski definition) is 2. The van der Waals surface area contributed by atoms with Gasteiger partial charge in [0.15, 0.2) is 0 Å². The van der Waals surface area contributed by atoms with E-state index in [-0.39, 0.29) is 0 Å². The highest BCUT2D eigenvalue weighted by atomic mass is 14.9. The predicted octanol–water partition coefficient (Wildman–Crippen LogP) is 2.47. The zero-order valence-electron chi connectivity index (χ0n) is 7.94. The van der Waals surface area contributed by atoms with E-state index in [1.165, 1.54) is 11.3 Å². The topological polar surface area (TPSA) is 24.1 Å². The maximum atomic E-state index is 3.31. The molecule has 0 saturated heterocycles. The Balaban J connectivity index is 2.95. The van der Waals surface area contributed by atoms with Crippen molar-refractivity contribution in [2.45, 2.75) is 13.8 Å². The Morgan fingerprint density at radius 1 is 1.25 bits per heavy atom. The van der Waals surface area contributed by atoms with Crippen LogP contribution in [0.3, 0.4) is 0 Å². The van der Waals surface area contributed by atoms with Crippen molar-refractivity contribution in [2.24, 2.45) is 0 Å². The van der Waals surface area contributed by atoms with Gasteiger partial charge in [-0.1, -0.05) is 6.07 Å². The Morgan fingerprint density at radius 2 is 2.00 bits per heavy atom. The van der Waals surface area contributed by atoms with Gasteiger partial charge in [-0.2, -0.15) is 0 Å². The van der Waals surface area contributed by atoms with Gasteiger partial charge >= 0.3 is 0 Å². The minimum atomic E-state index is 0.956. The van der Waals surface area contributed by atoms with Gasteiger partial charge in [0.25, 0.3) is 0 Å². The predicted molar refractivity (Wildman–Crippen MR) is 54.9 cm³/mol. The van der Waals surface area contributed by atoms with Crippen LogP contribution in [0.15, 0.2) is 18.2 Å². The standard InChI is InChI=1S/C10H16N2/c1-4-12-10-7-8(2)5-6-9(10)11-3/h5-7,11-12H,4H2,1-3H3. The summed E-state index contributed by atoms with van der Waals surface area (Å²) in [6.07, 6.45) is 0. The molecule has 0 saturated carbocycles. The lowest BCUT2D eigenvalue weighted by molar-refractivity contribution is 1.21. The van der Waals surface area contributed by atoms with Crippen LogP contribution in [0.5, 0.6) is 0 Å². The summed E-state index contributed by atoms with van der Waals surface area (Å²) < 4.78 is 0. The quantitative estimate of drug-likeness (QED) is 0.717. The molecular formula is C10H16N2. The van der Waals surface area contributed by atoms with Gasteiger partial charge in [-0.15, -0.1) is 0 Å². The first-order valence-corrected chi connectivity index (χ1v) is 4.30. The Morgan fingerprint density at radius 3 is 2.58 bits per heavy atom. The Kier molecular flexibility index (Phi) is 2.97. The summed E-state index contributed by atoms with van der Waals surface area (Å²) >= 11 is 0. The summed E-state index contributed by atoms with van der Waals surface area (Å²) in [6, 6.07) is 6.34. The maximum Gasteiger partial charge on any atom is 0.0578 e. The molecule has 2 nitrogen and oxygen atoms in total. The van der Waals surface area contributed by atoms with E-state index >= 15 is 0 Å². The van der Waals surface area contributed by atoms with Gasteiger partial charge in [0, 0.05) is 13.6 Å². The van der Waals surface area contributed by atoms with Crippen molar-refractivity contribution < 1.29 is 0 Å². The number of benzene rings is 1. The second-order valence-corrected chi connectivity index (χ2v) is 2.83. The third-order valence-electron chi connectivity index (χ3n) is 1.81. The van der Waals surface area contributed by atoms with Crippen LogP contribution in [0.25, 0.3) is 0 Å². The Hall–Kier alpha value is -1.18. The molecular weight excluding hydrogens is 148 g/mol. The molecule has 0 heterocycles. The van der Waals surface area contributed by atoms with Crippen LogP contribution < -0.4 is 10.6 Å². The van der Waals surface area contributed by atoms with Gasteiger partial charge in [0.1, 0.15) is 0 Å². The Bertz CT molecular complexity index is 256. The second-order valence-electron chi connectivity index (χ2n) is 2.83. The molecule has 66 valence electrons. The number of rotatable bonds is 3. The average molecular weight is 164 g/mol. The number of hydrogen-bond acceptors (Lipinski definition) is 2. The molecule has 1 rings (SSSR count). The molecule has 1 aromatic carbocycles. The van der Waals surface area contributed by atoms with Gasteiger partial charge in [-0.25, -0.2) is 0 Å². The lowest BCUT2D eigenvalue weighted by Crippen LogP contribution is -2.01. The Labute approximate surface area is 74.0 Å². The van der Waals surface area contributed by atoms with E-state index in [1.807, 2.05) is 7.05 Å². The van der Waals surface area contributed by atoms with Crippen LogP contribution in [-0.2, 0) is 0 Å². The molecule has 2 heteroatoms. The third-order valence-corrected chi connectivity index (χ3v) is 1.81. The second kappa shape index (κ2) is 4.00. The minimum absolute atomic E-state index is 0.956. The van der Waals surface area contributed by atoms with E-state index < -0.39 is 0 Å². The van der Waals surface area contributed by atoms with Crippen LogP contribution in [0.4, 0.5) is 11.4 Å². The van der Waals surface area contributed by atoms with Crippen molar-refractivity contribution >= 4 is 11.4 Å². The van der Waals surface area contributed by atoms with Crippen molar-refractivity contribution in [3.63, 3.8) is 0 Å². The molecule has 0 fully saturated rings. The van der Waals surface area contributed by atoms with Crippen molar-refractivity contribution in [2.75, 3.05) is 24.2 Å². The van der Waals surface area contributed by atoms with Crippen LogP contribution in [0.2, 0.25) is 0 Å². The number of nitrogens with one attached hydrogen (secondary N) is 2. The highest BCUT2D eigenvalue weighted by Gasteiger charge is 1.97. The number of anilines is 2. The largest absolute Gasteiger partial charge is 0.386 e. The van der Waals surface area contributed by atoms with Gasteiger partial charge in [0.2, 0.25) is 0 Å². The molecule has 2 N–H and O–H groups in total. The van der Waals surface area contributed by atoms with Crippen molar-refractivity contribution in [1.82, 2.24) is 0 Å². The van der Waals surface area contributed by atoms with Gasteiger partial charge < -0.3 is 10.6 Å². The van der Waals surface area contributed by atoms with Crippen molar-refractivity contribution in [3.05, 3.63) is 23.8 Å². The fraction of sp³-hybridized carbons (Fsp3) is 0.400. The van der Waals surface area contributed by atoms with E-state index in [0.29, 0.717) is 0 Å². The molecule has 0 bridgehead atoms. The highest BCUT2D eigenvalue weighted by molar-refractivity contribution is 5.69. The molecule has 0 atom stereocenters. The fourth-order valence-corrected chi connectivity index (χ4v) is 1.21. The molecule has 0 aromatic heterocycles. The van der Waals surface area contributed by atoms with Gasteiger partial charge in [-0.05, 0) is 31.5 Å². The lowest BCUT2D eigenvalue weighted by Gasteiger charge is -2.10. The van der Waals surface area contributed by atoms with Crippen LogP contribution in [0, 0.1) is 6.92 Å². The summed E-state index contributed by atoms with van der Waals surface area (Å²) in [6.45, 7) is 5.15. The highest BCUT2D eigenvalue weighted by Crippen LogP contribution is 2.21. The van der Waals surface area contributed by atoms with Crippen LogP contribution in [0.1, 0.15) is 12.5 Å². The first kappa shape index (κ1) is 8.91. The molecule has 0 amide bonds. The van der Waals surface area contributed by atoms with Crippen LogP contribution >= 0.6 is 0 Å². The first-order chi connectivity index (χ1) is 5.77. The molecule has 0 unspecified atom stereocenters. The SMILES string of the molecule is CCNc1cc(C)ccc1NC. The van der Waals surface area contributed by atoms with E-state index in [4.69, 9.17) is 0 Å². The monoisotopic (exact) mass is 164 g/mol. The zero-order chi connectivity index (χ0) is 8.97. The molecule has 0 aliphatic heterocycles. The minimum Gasteiger partial charge on any atom is -0.386 e. The van der Waals surface area contributed by atoms with Crippen LogP contribution in [-0.4, -0.2) is 13.6 Å². The molecule has 0 radical (unpaired) electrons. The maximum absolute atomic E-state index is 3.31. The van der Waals surface area contributed by atoms with Crippen molar-refractivity contribution in [3.8, 4) is 0 Å². The first-order valence-electron chi connectivity index (χ1n) is 4.30. The summed E-state index contributed by atoms with van der Waals surface area (Å²) in [7, 11) is 1.94. The summed E-state index contributed by atoms with van der Waals surface area (Å²) in [5.74, 6) is 0. The van der Waals surface area contributed by atoms with Crippen molar-refractivity contribution in [1.29, 1.82) is 0 Å². The summed E-state index contributed by atoms with van der Waals surface area (Å²) in [4.78, 5) is 0.